The van der Waals surface area contributed by atoms with Crippen LogP contribution in [0.15, 0.2) is 0 Å². The van der Waals surface area contributed by atoms with E-state index >= 15 is 0 Å². The van der Waals surface area contributed by atoms with Crippen molar-refractivity contribution in [3.63, 3.8) is 0 Å². The van der Waals surface area contributed by atoms with Crippen molar-refractivity contribution < 1.29 is 0 Å². The second kappa shape index (κ2) is 15.6. The van der Waals surface area contributed by atoms with Gasteiger partial charge in [0.05, 0.1) is 0 Å². The summed E-state index contributed by atoms with van der Waals surface area (Å²) in [6.45, 7) is 6.70. The predicted octanol–water partition coefficient (Wildman–Crippen LogP) is 4.51. The van der Waals surface area contributed by atoms with E-state index in [-0.39, 0.29) is 0 Å². The standard InChI is InChI=1S/C24H50N4/c25-17-11-21-27(23-13-5-3-6-14-23)19-9-1-2-10-20-28(22-12-18-26)24-15-7-4-8-16-24/h23-24H,1-22,25-26H2. The molecule has 2 aliphatic rings. The molecular weight excluding hydrogens is 344 g/mol. The Labute approximate surface area is 175 Å². The van der Waals surface area contributed by atoms with E-state index in [1.54, 1.807) is 0 Å². The van der Waals surface area contributed by atoms with Crippen molar-refractivity contribution in [3.05, 3.63) is 0 Å². The zero-order chi connectivity index (χ0) is 19.9. The third-order valence-corrected chi connectivity index (χ3v) is 7.12. The van der Waals surface area contributed by atoms with Crippen molar-refractivity contribution in [2.75, 3.05) is 39.3 Å². The topological polar surface area (TPSA) is 58.5 Å². The fourth-order valence-electron chi connectivity index (χ4n) is 5.42. The second-order valence-corrected chi connectivity index (χ2v) is 9.35. The fourth-order valence-corrected chi connectivity index (χ4v) is 5.42. The fraction of sp³-hybridized carbons (Fsp3) is 1.00. The highest BCUT2D eigenvalue weighted by molar-refractivity contribution is 4.77. The van der Waals surface area contributed by atoms with Gasteiger partial charge in [-0.05, 0) is 90.6 Å². The summed E-state index contributed by atoms with van der Waals surface area (Å²) >= 11 is 0. The van der Waals surface area contributed by atoms with E-state index in [0.29, 0.717) is 0 Å². The molecule has 2 rings (SSSR count). The van der Waals surface area contributed by atoms with Crippen LogP contribution in [-0.4, -0.2) is 61.2 Å². The molecule has 0 amide bonds. The molecule has 0 radical (unpaired) electrons. The highest BCUT2D eigenvalue weighted by Gasteiger charge is 2.21. The average Bonchev–Trinajstić information content (AvgIpc) is 2.76. The van der Waals surface area contributed by atoms with Crippen LogP contribution in [0, 0.1) is 0 Å². The van der Waals surface area contributed by atoms with Gasteiger partial charge in [0.2, 0.25) is 0 Å². The van der Waals surface area contributed by atoms with Crippen molar-refractivity contribution in [2.24, 2.45) is 11.5 Å². The summed E-state index contributed by atoms with van der Waals surface area (Å²) in [5.74, 6) is 0. The average molecular weight is 395 g/mol. The summed E-state index contributed by atoms with van der Waals surface area (Å²) in [7, 11) is 0. The van der Waals surface area contributed by atoms with E-state index in [4.69, 9.17) is 11.5 Å². The van der Waals surface area contributed by atoms with E-state index in [0.717, 1.165) is 38.0 Å². The van der Waals surface area contributed by atoms with Gasteiger partial charge in [-0.3, -0.25) is 0 Å². The van der Waals surface area contributed by atoms with Gasteiger partial charge >= 0.3 is 0 Å². The molecule has 4 N–H and O–H groups in total. The SMILES string of the molecule is NCCCN(CCCCCCN(CCCN)C1CCCCC1)C1CCCCC1. The van der Waals surface area contributed by atoms with E-state index in [1.807, 2.05) is 0 Å². The molecule has 2 fully saturated rings. The first-order valence-electron chi connectivity index (χ1n) is 12.7. The molecule has 0 heterocycles. The number of hydrogen-bond acceptors (Lipinski definition) is 4. The van der Waals surface area contributed by atoms with Crippen LogP contribution in [0.4, 0.5) is 0 Å². The van der Waals surface area contributed by atoms with E-state index in [2.05, 4.69) is 9.80 Å². The summed E-state index contributed by atoms with van der Waals surface area (Å²) < 4.78 is 0. The quantitative estimate of drug-likeness (QED) is 0.401. The summed E-state index contributed by atoms with van der Waals surface area (Å²) in [4.78, 5) is 5.56. The molecule has 166 valence electrons. The molecule has 0 spiro atoms. The van der Waals surface area contributed by atoms with Crippen molar-refractivity contribution >= 4 is 0 Å². The molecule has 0 bridgehead atoms. The van der Waals surface area contributed by atoms with Gasteiger partial charge in [0.15, 0.2) is 0 Å². The van der Waals surface area contributed by atoms with Gasteiger partial charge in [-0.25, -0.2) is 0 Å². The molecule has 4 heteroatoms. The number of hydrogen-bond donors (Lipinski definition) is 2. The minimum absolute atomic E-state index is 0.836. The van der Waals surface area contributed by atoms with E-state index < -0.39 is 0 Å². The number of rotatable bonds is 15. The van der Waals surface area contributed by atoms with Crippen LogP contribution in [0.2, 0.25) is 0 Å². The monoisotopic (exact) mass is 394 g/mol. The zero-order valence-electron chi connectivity index (χ0n) is 18.8. The van der Waals surface area contributed by atoms with Crippen molar-refractivity contribution in [1.82, 2.24) is 9.80 Å². The van der Waals surface area contributed by atoms with Gasteiger partial charge in [0, 0.05) is 12.1 Å². The van der Waals surface area contributed by atoms with Crippen LogP contribution in [0.5, 0.6) is 0 Å². The Bertz CT molecular complexity index is 317. The summed E-state index contributed by atoms with van der Waals surface area (Å²) in [6, 6.07) is 1.69. The van der Waals surface area contributed by atoms with Gasteiger partial charge in [0.25, 0.3) is 0 Å². The Morgan fingerprint density at radius 3 is 1.18 bits per heavy atom. The molecule has 0 saturated heterocycles. The lowest BCUT2D eigenvalue weighted by Gasteiger charge is -2.35. The van der Waals surface area contributed by atoms with Gasteiger partial charge in [-0.1, -0.05) is 51.4 Å². The van der Waals surface area contributed by atoms with Crippen molar-refractivity contribution in [3.8, 4) is 0 Å². The van der Waals surface area contributed by atoms with Gasteiger partial charge < -0.3 is 21.3 Å². The van der Waals surface area contributed by atoms with Crippen LogP contribution in [0.25, 0.3) is 0 Å². The molecule has 0 aromatic heterocycles. The molecule has 2 saturated carbocycles. The van der Waals surface area contributed by atoms with E-state index in [9.17, 15) is 0 Å². The lowest BCUT2D eigenvalue weighted by Crippen LogP contribution is -2.39. The maximum Gasteiger partial charge on any atom is 0.00952 e. The smallest absolute Gasteiger partial charge is 0.00952 e. The normalized spacial score (nSPS) is 19.7. The number of unbranched alkanes of at least 4 members (excludes halogenated alkanes) is 3. The second-order valence-electron chi connectivity index (χ2n) is 9.35. The van der Waals surface area contributed by atoms with Crippen LogP contribution < -0.4 is 11.5 Å². The number of nitrogens with two attached hydrogens (primary N) is 2. The third kappa shape index (κ3) is 9.56. The maximum atomic E-state index is 5.79. The largest absolute Gasteiger partial charge is 0.330 e. The van der Waals surface area contributed by atoms with Crippen molar-refractivity contribution in [2.45, 2.75) is 115 Å². The van der Waals surface area contributed by atoms with Gasteiger partial charge in [0.1, 0.15) is 0 Å². The molecule has 28 heavy (non-hydrogen) atoms. The lowest BCUT2D eigenvalue weighted by atomic mass is 9.93. The van der Waals surface area contributed by atoms with Crippen LogP contribution >= 0.6 is 0 Å². The summed E-state index contributed by atoms with van der Waals surface area (Å²) in [5, 5.41) is 0. The summed E-state index contributed by atoms with van der Waals surface area (Å²) in [6.07, 6.45) is 22.1. The Balaban J connectivity index is 1.61. The highest BCUT2D eigenvalue weighted by Crippen LogP contribution is 2.24. The van der Waals surface area contributed by atoms with Gasteiger partial charge in [-0.2, -0.15) is 0 Å². The minimum Gasteiger partial charge on any atom is -0.330 e. The molecule has 0 aromatic rings. The number of nitrogens with zero attached hydrogens (tertiary/aromatic N) is 2. The van der Waals surface area contributed by atoms with E-state index in [1.165, 1.54) is 116 Å². The van der Waals surface area contributed by atoms with Crippen molar-refractivity contribution in [1.29, 1.82) is 0 Å². The summed E-state index contributed by atoms with van der Waals surface area (Å²) in [5.41, 5.74) is 11.6. The highest BCUT2D eigenvalue weighted by atomic mass is 15.2. The molecule has 0 aromatic carbocycles. The van der Waals surface area contributed by atoms with Crippen LogP contribution in [0.1, 0.15) is 103 Å². The third-order valence-electron chi connectivity index (χ3n) is 7.12. The molecule has 0 atom stereocenters. The molecule has 4 nitrogen and oxygen atoms in total. The zero-order valence-corrected chi connectivity index (χ0v) is 18.8. The Kier molecular flexibility index (Phi) is 13.5. The first kappa shape index (κ1) is 24.1. The van der Waals surface area contributed by atoms with Crippen LogP contribution in [-0.2, 0) is 0 Å². The molecule has 0 aliphatic heterocycles. The Morgan fingerprint density at radius 2 is 0.821 bits per heavy atom. The lowest BCUT2D eigenvalue weighted by molar-refractivity contribution is 0.146. The Hall–Kier alpha value is -0.160. The molecule has 0 unspecified atom stereocenters. The Morgan fingerprint density at radius 1 is 0.464 bits per heavy atom. The minimum atomic E-state index is 0.836. The predicted molar refractivity (Wildman–Crippen MR) is 123 cm³/mol. The first-order valence-corrected chi connectivity index (χ1v) is 12.7. The first-order chi connectivity index (χ1) is 13.8. The molecule has 2 aliphatic carbocycles. The van der Waals surface area contributed by atoms with Gasteiger partial charge in [-0.15, -0.1) is 0 Å². The molecular formula is C24H50N4. The van der Waals surface area contributed by atoms with Crippen LogP contribution in [0.3, 0.4) is 0 Å². The maximum absolute atomic E-state index is 5.79.